The number of nitrogens with one attached hydrogen (secondary N) is 3. The van der Waals surface area contributed by atoms with Crippen molar-refractivity contribution in [2.24, 2.45) is 0 Å². The Morgan fingerprint density at radius 2 is 1.97 bits per heavy atom. The maximum absolute atomic E-state index is 12.7. The number of carbonyl (C=O) groups excluding carboxylic acids is 1. The van der Waals surface area contributed by atoms with E-state index in [0.29, 0.717) is 36.6 Å². The zero-order valence-corrected chi connectivity index (χ0v) is 17.5. The van der Waals surface area contributed by atoms with Gasteiger partial charge in [-0.1, -0.05) is 12.8 Å². The van der Waals surface area contributed by atoms with Gasteiger partial charge in [0, 0.05) is 25.7 Å². The molecule has 4 N–H and O–H groups in total. The van der Waals surface area contributed by atoms with Gasteiger partial charge in [0.1, 0.15) is 11.0 Å². The monoisotopic (exact) mass is 439 g/mol. The number of hydrogen-bond acceptors (Lipinski definition) is 7. The van der Waals surface area contributed by atoms with Crippen molar-refractivity contribution in [2.75, 3.05) is 31.6 Å². The van der Waals surface area contributed by atoms with Crippen molar-refractivity contribution in [3.63, 3.8) is 0 Å². The number of aromatic nitrogens is 4. The van der Waals surface area contributed by atoms with Crippen LogP contribution in [0, 0.1) is 0 Å². The summed E-state index contributed by atoms with van der Waals surface area (Å²) in [5.74, 6) is 0.0800. The summed E-state index contributed by atoms with van der Waals surface area (Å²) in [6.45, 7) is 3.50. The molecule has 164 valence electrons. The average molecular weight is 440 g/mol. The molecule has 1 aliphatic carbocycles. The fraction of sp³-hybridized carbons (Fsp3) is 0.611. The quantitative estimate of drug-likeness (QED) is 0.324. The van der Waals surface area contributed by atoms with Gasteiger partial charge in [-0.2, -0.15) is 10.1 Å². The van der Waals surface area contributed by atoms with Crippen LogP contribution in [-0.4, -0.2) is 69.2 Å². The maximum Gasteiger partial charge on any atom is 0.404 e. The number of halogens is 1. The van der Waals surface area contributed by atoms with Crippen LogP contribution in [0.15, 0.2) is 0 Å². The third kappa shape index (κ3) is 5.48. The van der Waals surface area contributed by atoms with Crippen molar-refractivity contribution < 1.29 is 19.4 Å². The summed E-state index contributed by atoms with van der Waals surface area (Å²) < 4.78 is 7.10. The standard InChI is InChI=1S/C18H26ClN7O4/c1-2-30-10-9-26-14-12(13(25-26)16(27)20-7-8-21-18(28)29)23-17(19)24-15(14)22-11-5-3-4-6-11/h11,21H,2-10H2,1H3,(H,20,27)(H,28,29)(H,22,23,24). The Morgan fingerprint density at radius 3 is 2.67 bits per heavy atom. The van der Waals surface area contributed by atoms with E-state index in [-0.39, 0.29) is 30.1 Å². The number of amides is 2. The molecule has 12 heteroatoms. The minimum Gasteiger partial charge on any atom is -0.465 e. The number of anilines is 1. The minimum atomic E-state index is -1.16. The Hall–Kier alpha value is -2.66. The van der Waals surface area contributed by atoms with Crippen LogP contribution >= 0.6 is 11.6 Å². The molecule has 0 spiro atoms. The molecule has 3 rings (SSSR count). The number of fused-ring (bicyclic) bond motifs is 1. The summed E-state index contributed by atoms with van der Waals surface area (Å²) >= 11 is 6.15. The first kappa shape index (κ1) is 22.0. The molecule has 0 aliphatic heterocycles. The van der Waals surface area contributed by atoms with E-state index in [1.807, 2.05) is 6.92 Å². The average Bonchev–Trinajstić information content (AvgIpc) is 3.33. The molecule has 0 bridgehead atoms. The van der Waals surface area contributed by atoms with Gasteiger partial charge in [0.25, 0.3) is 5.91 Å². The van der Waals surface area contributed by atoms with Crippen LogP contribution in [0.1, 0.15) is 43.1 Å². The lowest BCUT2D eigenvalue weighted by Gasteiger charge is -2.14. The van der Waals surface area contributed by atoms with Crippen molar-refractivity contribution in [1.29, 1.82) is 0 Å². The second-order valence-electron chi connectivity index (χ2n) is 6.92. The van der Waals surface area contributed by atoms with E-state index in [9.17, 15) is 9.59 Å². The van der Waals surface area contributed by atoms with Crippen LogP contribution in [0.2, 0.25) is 5.28 Å². The molecule has 1 aliphatic rings. The fourth-order valence-electron chi connectivity index (χ4n) is 3.46. The fourth-order valence-corrected chi connectivity index (χ4v) is 3.63. The molecule has 0 unspecified atom stereocenters. The molecule has 0 radical (unpaired) electrons. The smallest absolute Gasteiger partial charge is 0.404 e. The minimum absolute atomic E-state index is 0.0222. The van der Waals surface area contributed by atoms with E-state index < -0.39 is 12.0 Å². The molecule has 2 amide bonds. The third-order valence-corrected chi connectivity index (χ3v) is 4.98. The number of ether oxygens (including phenoxy) is 1. The molecule has 2 aromatic rings. The van der Waals surface area contributed by atoms with Gasteiger partial charge in [0.05, 0.1) is 13.2 Å². The van der Waals surface area contributed by atoms with Gasteiger partial charge in [-0.15, -0.1) is 0 Å². The topological polar surface area (TPSA) is 143 Å². The highest BCUT2D eigenvalue weighted by molar-refractivity contribution is 6.29. The molecular formula is C18H26ClN7O4. The van der Waals surface area contributed by atoms with Crippen LogP contribution < -0.4 is 16.0 Å². The van der Waals surface area contributed by atoms with Gasteiger partial charge in [-0.3, -0.25) is 9.48 Å². The Kier molecular flexibility index (Phi) is 7.63. The molecule has 0 atom stereocenters. The molecule has 1 saturated carbocycles. The van der Waals surface area contributed by atoms with Crippen LogP contribution in [0.5, 0.6) is 0 Å². The highest BCUT2D eigenvalue weighted by atomic mass is 35.5. The number of nitrogens with zero attached hydrogens (tertiary/aromatic N) is 4. The number of carbonyl (C=O) groups is 2. The van der Waals surface area contributed by atoms with Crippen LogP contribution in [-0.2, 0) is 11.3 Å². The lowest BCUT2D eigenvalue weighted by molar-refractivity contribution is 0.0947. The Labute approximate surface area is 178 Å². The lowest BCUT2D eigenvalue weighted by Crippen LogP contribution is -2.34. The maximum atomic E-state index is 12.7. The first-order valence-electron chi connectivity index (χ1n) is 10.0. The summed E-state index contributed by atoms with van der Waals surface area (Å²) in [6, 6.07) is 0.286. The predicted octanol–water partition coefficient (Wildman–Crippen LogP) is 1.87. The summed E-state index contributed by atoms with van der Waals surface area (Å²) in [6.07, 6.45) is 3.24. The second-order valence-corrected chi connectivity index (χ2v) is 7.26. The Morgan fingerprint density at radius 1 is 1.23 bits per heavy atom. The van der Waals surface area contributed by atoms with E-state index in [2.05, 4.69) is 31.0 Å². The van der Waals surface area contributed by atoms with Crippen LogP contribution in [0.3, 0.4) is 0 Å². The molecule has 11 nitrogen and oxygen atoms in total. The van der Waals surface area contributed by atoms with E-state index in [1.54, 1.807) is 4.68 Å². The summed E-state index contributed by atoms with van der Waals surface area (Å²) in [4.78, 5) is 31.9. The zero-order valence-electron chi connectivity index (χ0n) is 16.8. The van der Waals surface area contributed by atoms with Gasteiger partial charge in [0.15, 0.2) is 11.5 Å². The molecule has 2 aromatic heterocycles. The van der Waals surface area contributed by atoms with Gasteiger partial charge < -0.3 is 25.8 Å². The lowest BCUT2D eigenvalue weighted by atomic mass is 10.2. The van der Waals surface area contributed by atoms with E-state index in [1.165, 1.54) is 0 Å². The highest BCUT2D eigenvalue weighted by Crippen LogP contribution is 2.29. The molecule has 30 heavy (non-hydrogen) atoms. The van der Waals surface area contributed by atoms with Gasteiger partial charge in [-0.25, -0.2) is 9.78 Å². The largest absolute Gasteiger partial charge is 0.465 e. The van der Waals surface area contributed by atoms with E-state index >= 15 is 0 Å². The first-order chi connectivity index (χ1) is 14.5. The van der Waals surface area contributed by atoms with Crippen molar-refractivity contribution in [1.82, 2.24) is 30.4 Å². The van der Waals surface area contributed by atoms with Crippen molar-refractivity contribution >= 4 is 40.5 Å². The number of hydrogen-bond donors (Lipinski definition) is 4. The van der Waals surface area contributed by atoms with E-state index in [0.717, 1.165) is 25.7 Å². The van der Waals surface area contributed by atoms with Crippen LogP contribution in [0.25, 0.3) is 11.0 Å². The van der Waals surface area contributed by atoms with E-state index in [4.69, 9.17) is 21.4 Å². The van der Waals surface area contributed by atoms with Gasteiger partial charge in [-0.05, 0) is 31.4 Å². The molecular weight excluding hydrogens is 414 g/mol. The molecule has 1 fully saturated rings. The normalized spacial score (nSPS) is 14.2. The van der Waals surface area contributed by atoms with Crippen molar-refractivity contribution in [3.8, 4) is 0 Å². The summed E-state index contributed by atoms with van der Waals surface area (Å²) in [5.41, 5.74) is 1.05. The molecule has 2 heterocycles. The Balaban J connectivity index is 1.90. The van der Waals surface area contributed by atoms with Crippen molar-refractivity contribution in [2.45, 2.75) is 45.2 Å². The van der Waals surface area contributed by atoms with Crippen molar-refractivity contribution in [3.05, 3.63) is 11.0 Å². The molecule has 0 aromatic carbocycles. The number of carboxylic acid groups (broad SMARTS) is 1. The SMILES string of the molecule is CCOCCn1nc(C(=O)NCCNC(=O)O)c2nc(Cl)nc(NC3CCCC3)c21. The number of rotatable bonds is 10. The molecule has 0 saturated heterocycles. The highest BCUT2D eigenvalue weighted by Gasteiger charge is 2.25. The van der Waals surface area contributed by atoms with Crippen LogP contribution in [0.4, 0.5) is 10.6 Å². The summed E-state index contributed by atoms with van der Waals surface area (Å²) in [7, 11) is 0. The zero-order chi connectivity index (χ0) is 21.5. The van der Waals surface area contributed by atoms with Gasteiger partial charge >= 0.3 is 6.09 Å². The summed E-state index contributed by atoms with van der Waals surface area (Å²) in [5, 5.41) is 21.4. The second kappa shape index (κ2) is 10.4. The third-order valence-electron chi connectivity index (χ3n) is 4.81. The Bertz CT molecular complexity index is 898. The van der Waals surface area contributed by atoms with Gasteiger partial charge in [0.2, 0.25) is 5.28 Å². The first-order valence-corrected chi connectivity index (χ1v) is 10.4. The predicted molar refractivity (Wildman–Crippen MR) is 111 cm³/mol.